The predicted molar refractivity (Wildman–Crippen MR) is 79.8 cm³/mol. The Balaban J connectivity index is 2.43. The molecule has 0 saturated heterocycles. The number of amides is 1. The molecular formula is C14H22N4O. The Morgan fingerprint density at radius 3 is 2.68 bits per heavy atom. The molecule has 5 nitrogen and oxygen atoms in total. The van der Waals surface area contributed by atoms with Crippen molar-refractivity contribution in [1.82, 2.24) is 5.32 Å². The van der Waals surface area contributed by atoms with E-state index in [-0.39, 0.29) is 5.91 Å². The summed E-state index contributed by atoms with van der Waals surface area (Å²) in [4.78, 5) is 14.3. The van der Waals surface area contributed by atoms with E-state index >= 15 is 0 Å². The lowest BCUT2D eigenvalue weighted by Gasteiger charge is -2.23. The molecule has 0 radical (unpaired) electrons. The second kappa shape index (κ2) is 5.38. The van der Waals surface area contributed by atoms with Crippen LogP contribution in [0.25, 0.3) is 0 Å². The van der Waals surface area contributed by atoms with Crippen molar-refractivity contribution in [2.75, 3.05) is 36.6 Å². The zero-order chi connectivity index (χ0) is 14.0. The summed E-state index contributed by atoms with van der Waals surface area (Å²) in [5.41, 5.74) is 9.00. The third-order valence-corrected chi connectivity index (χ3v) is 3.49. The fraction of sp³-hybridized carbons (Fsp3) is 0.500. The highest BCUT2D eigenvalue weighted by Gasteiger charge is 2.29. The van der Waals surface area contributed by atoms with Crippen molar-refractivity contribution in [2.45, 2.75) is 25.8 Å². The molecule has 19 heavy (non-hydrogen) atoms. The number of rotatable bonds is 5. The van der Waals surface area contributed by atoms with Crippen molar-refractivity contribution in [3.8, 4) is 0 Å². The number of benzene rings is 1. The number of nitrogens with two attached hydrogens (primary N) is 1. The molecule has 0 atom stereocenters. The Morgan fingerprint density at radius 2 is 2.16 bits per heavy atom. The predicted octanol–water partition coefficient (Wildman–Crippen LogP) is 1.66. The van der Waals surface area contributed by atoms with Gasteiger partial charge in [-0.1, -0.05) is 0 Å². The van der Waals surface area contributed by atoms with E-state index in [0.717, 1.165) is 11.4 Å². The lowest BCUT2D eigenvalue weighted by molar-refractivity contribution is 0.0956. The largest absolute Gasteiger partial charge is 0.397 e. The average Bonchev–Trinajstić information content (AvgIpc) is 3.22. The van der Waals surface area contributed by atoms with Gasteiger partial charge in [0.05, 0.1) is 22.6 Å². The fourth-order valence-corrected chi connectivity index (χ4v) is 2.21. The molecular weight excluding hydrogens is 240 g/mol. The van der Waals surface area contributed by atoms with Gasteiger partial charge in [0.1, 0.15) is 0 Å². The molecule has 2 rings (SSSR count). The summed E-state index contributed by atoms with van der Waals surface area (Å²) in [5.74, 6) is -0.0700. The lowest BCUT2D eigenvalue weighted by atomic mass is 10.1. The number of carbonyl (C=O) groups is 1. The molecule has 104 valence electrons. The van der Waals surface area contributed by atoms with E-state index in [1.54, 1.807) is 6.07 Å². The van der Waals surface area contributed by atoms with Gasteiger partial charge in [0.25, 0.3) is 5.91 Å². The highest BCUT2D eigenvalue weighted by molar-refractivity contribution is 6.02. The Morgan fingerprint density at radius 1 is 1.47 bits per heavy atom. The second-order valence-corrected chi connectivity index (χ2v) is 4.91. The van der Waals surface area contributed by atoms with Gasteiger partial charge in [-0.25, -0.2) is 0 Å². The van der Waals surface area contributed by atoms with Gasteiger partial charge >= 0.3 is 0 Å². The third kappa shape index (κ3) is 2.75. The van der Waals surface area contributed by atoms with Crippen LogP contribution in [0.2, 0.25) is 0 Å². The highest BCUT2D eigenvalue weighted by atomic mass is 16.1. The summed E-state index contributed by atoms with van der Waals surface area (Å²) in [6, 6.07) is 4.25. The molecule has 0 heterocycles. The van der Waals surface area contributed by atoms with E-state index in [2.05, 4.69) is 15.5 Å². The smallest absolute Gasteiger partial charge is 0.253 e. The van der Waals surface area contributed by atoms with Crippen LogP contribution in [0.15, 0.2) is 12.1 Å². The summed E-state index contributed by atoms with van der Waals surface area (Å²) < 4.78 is 0. The molecule has 1 fully saturated rings. The maximum atomic E-state index is 12.2. The third-order valence-electron chi connectivity index (χ3n) is 3.49. The lowest BCUT2D eigenvalue weighted by Crippen LogP contribution is -2.28. The van der Waals surface area contributed by atoms with Gasteiger partial charge in [-0.2, -0.15) is 0 Å². The van der Waals surface area contributed by atoms with Gasteiger partial charge in [0.2, 0.25) is 0 Å². The summed E-state index contributed by atoms with van der Waals surface area (Å²) in [6.07, 6.45) is 2.37. The SMILES string of the molecule is CCNC(=O)c1cc(N)c(NC)cc1N(C)C1CC1. The van der Waals surface area contributed by atoms with E-state index in [4.69, 9.17) is 5.73 Å². The standard InChI is InChI=1S/C14H22N4O/c1-4-17-14(19)10-7-11(15)12(16-2)8-13(10)18(3)9-5-6-9/h7-9,16H,4-6,15H2,1-3H3,(H,17,19). The molecule has 4 N–H and O–H groups in total. The molecule has 0 unspecified atom stereocenters. The van der Waals surface area contributed by atoms with Crippen molar-refractivity contribution in [1.29, 1.82) is 0 Å². The quantitative estimate of drug-likeness (QED) is 0.706. The van der Waals surface area contributed by atoms with E-state index < -0.39 is 0 Å². The van der Waals surface area contributed by atoms with Crippen LogP contribution < -0.4 is 21.3 Å². The number of nitrogen functional groups attached to an aromatic ring is 1. The topological polar surface area (TPSA) is 70.4 Å². The highest BCUT2D eigenvalue weighted by Crippen LogP contribution is 2.35. The molecule has 1 amide bonds. The molecule has 0 spiro atoms. The van der Waals surface area contributed by atoms with E-state index in [1.165, 1.54) is 12.8 Å². The number of nitrogens with one attached hydrogen (secondary N) is 2. The van der Waals surface area contributed by atoms with Crippen LogP contribution in [0, 0.1) is 0 Å². The van der Waals surface area contributed by atoms with Crippen LogP contribution in [-0.4, -0.2) is 32.6 Å². The molecule has 5 heteroatoms. The molecule has 0 aromatic heterocycles. The van der Waals surface area contributed by atoms with Gasteiger partial charge in [0, 0.05) is 26.7 Å². The fourth-order valence-electron chi connectivity index (χ4n) is 2.21. The molecule has 1 aromatic carbocycles. The minimum Gasteiger partial charge on any atom is -0.397 e. The average molecular weight is 262 g/mol. The van der Waals surface area contributed by atoms with Crippen LogP contribution in [0.5, 0.6) is 0 Å². The Kier molecular flexibility index (Phi) is 3.83. The Bertz CT molecular complexity index is 483. The van der Waals surface area contributed by atoms with Crippen LogP contribution in [0.3, 0.4) is 0 Å². The van der Waals surface area contributed by atoms with E-state index in [0.29, 0.717) is 23.8 Å². The molecule has 1 aromatic rings. The minimum atomic E-state index is -0.0700. The van der Waals surface area contributed by atoms with Crippen molar-refractivity contribution in [2.24, 2.45) is 0 Å². The molecule has 1 saturated carbocycles. The normalized spacial score (nSPS) is 14.1. The number of hydrogen-bond donors (Lipinski definition) is 3. The first-order valence-corrected chi connectivity index (χ1v) is 6.70. The van der Waals surface area contributed by atoms with Crippen molar-refractivity contribution < 1.29 is 4.79 Å². The van der Waals surface area contributed by atoms with E-state index in [9.17, 15) is 4.79 Å². The van der Waals surface area contributed by atoms with Crippen LogP contribution in [0.4, 0.5) is 17.1 Å². The number of anilines is 3. The first-order chi connectivity index (χ1) is 9.08. The summed E-state index contributed by atoms with van der Waals surface area (Å²) >= 11 is 0. The zero-order valence-electron chi connectivity index (χ0n) is 11.8. The zero-order valence-corrected chi connectivity index (χ0v) is 11.8. The van der Waals surface area contributed by atoms with Crippen LogP contribution in [-0.2, 0) is 0 Å². The van der Waals surface area contributed by atoms with Crippen molar-refractivity contribution in [3.63, 3.8) is 0 Å². The van der Waals surface area contributed by atoms with Crippen molar-refractivity contribution in [3.05, 3.63) is 17.7 Å². The first-order valence-electron chi connectivity index (χ1n) is 6.70. The Hall–Kier alpha value is -1.91. The monoisotopic (exact) mass is 262 g/mol. The second-order valence-electron chi connectivity index (χ2n) is 4.91. The number of hydrogen-bond acceptors (Lipinski definition) is 4. The van der Waals surface area contributed by atoms with Gasteiger partial charge in [-0.05, 0) is 31.9 Å². The van der Waals surface area contributed by atoms with Gasteiger partial charge in [-0.3, -0.25) is 4.79 Å². The molecule has 0 aliphatic heterocycles. The molecule has 1 aliphatic rings. The summed E-state index contributed by atoms with van der Waals surface area (Å²) in [7, 11) is 3.86. The summed E-state index contributed by atoms with van der Waals surface area (Å²) in [6.45, 7) is 2.52. The summed E-state index contributed by atoms with van der Waals surface area (Å²) in [5, 5.41) is 5.90. The minimum absolute atomic E-state index is 0.0700. The molecule has 1 aliphatic carbocycles. The Labute approximate surface area is 114 Å². The van der Waals surface area contributed by atoms with Gasteiger partial charge in [0.15, 0.2) is 0 Å². The van der Waals surface area contributed by atoms with Crippen LogP contribution in [0.1, 0.15) is 30.1 Å². The van der Waals surface area contributed by atoms with E-state index in [1.807, 2.05) is 27.1 Å². The molecule has 0 bridgehead atoms. The maximum absolute atomic E-state index is 12.2. The van der Waals surface area contributed by atoms with Crippen LogP contribution >= 0.6 is 0 Å². The number of nitrogens with zero attached hydrogens (tertiary/aromatic N) is 1. The number of carbonyl (C=O) groups excluding carboxylic acids is 1. The van der Waals surface area contributed by atoms with Gasteiger partial charge in [-0.15, -0.1) is 0 Å². The van der Waals surface area contributed by atoms with Gasteiger partial charge < -0.3 is 21.3 Å². The maximum Gasteiger partial charge on any atom is 0.253 e. The first kappa shape index (κ1) is 13.5. The van der Waals surface area contributed by atoms with Crippen molar-refractivity contribution >= 4 is 23.0 Å².